The molecule has 21 heavy (non-hydrogen) atoms. The predicted molar refractivity (Wildman–Crippen MR) is 79.2 cm³/mol. The molecule has 1 aromatic rings. The minimum Gasteiger partial charge on any atom is -0.508 e. The number of phenols is 1. The van der Waals surface area contributed by atoms with Crippen molar-refractivity contribution < 1.29 is 19.4 Å². The van der Waals surface area contributed by atoms with Crippen LogP contribution < -0.4 is 5.32 Å². The highest BCUT2D eigenvalue weighted by Gasteiger charge is 2.37. The normalized spacial score (nSPS) is 18.0. The van der Waals surface area contributed by atoms with Crippen LogP contribution in [0.2, 0.25) is 0 Å². The number of hydrogen-bond acceptors (Lipinski definition) is 4. The van der Waals surface area contributed by atoms with Crippen LogP contribution in [-0.4, -0.2) is 30.0 Å². The number of phenolic OH excluding ortho intramolecular Hbond substituents is 1. The summed E-state index contributed by atoms with van der Waals surface area (Å²) in [6, 6.07) is 6.92. The van der Waals surface area contributed by atoms with Gasteiger partial charge in [-0.3, -0.25) is 0 Å². The summed E-state index contributed by atoms with van der Waals surface area (Å²) in [6.45, 7) is 6.67. The fourth-order valence-electron chi connectivity index (χ4n) is 2.49. The second kappa shape index (κ2) is 5.93. The molecular formula is C16H23NO4. The van der Waals surface area contributed by atoms with Gasteiger partial charge in [-0.2, -0.15) is 0 Å². The molecule has 2 N–H and O–H groups in total. The van der Waals surface area contributed by atoms with Crippen LogP contribution in [0.1, 0.15) is 39.2 Å². The van der Waals surface area contributed by atoms with Gasteiger partial charge in [0.25, 0.3) is 0 Å². The molecule has 5 heteroatoms. The predicted octanol–water partition coefficient (Wildman–Crippen LogP) is 2.92. The van der Waals surface area contributed by atoms with Gasteiger partial charge >= 0.3 is 6.09 Å². The first-order valence-corrected chi connectivity index (χ1v) is 7.19. The maximum atomic E-state index is 12.1. The van der Waals surface area contributed by atoms with E-state index in [2.05, 4.69) is 5.32 Å². The zero-order valence-electron chi connectivity index (χ0n) is 12.8. The number of alkyl carbamates (subject to hydrolysis) is 1. The number of carbonyl (C=O) groups is 1. The molecule has 2 rings (SSSR count). The summed E-state index contributed by atoms with van der Waals surface area (Å²) in [5.74, 6) is 0.207. The van der Waals surface area contributed by atoms with Crippen LogP contribution in [0.15, 0.2) is 24.3 Å². The molecule has 1 saturated heterocycles. The van der Waals surface area contributed by atoms with Crippen LogP contribution >= 0.6 is 0 Å². The van der Waals surface area contributed by atoms with Crippen LogP contribution in [0.4, 0.5) is 4.79 Å². The van der Waals surface area contributed by atoms with Crippen molar-refractivity contribution in [2.75, 3.05) is 13.2 Å². The summed E-state index contributed by atoms with van der Waals surface area (Å²) < 4.78 is 10.8. The van der Waals surface area contributed by atoms with Gasteiger partial charge in [-0.05, 0) is 51.3 Å². The van der Waals surface area contributed by atoms with Gasteiger partial charge in [0, 0.05) is 13.2 Å². The van der Waals surface area contributed by atoms with Gasteiger partial charge in [-0.25, -0.2) is 4.79 Å². The smallest absolute Gasteiger partial charge is 0.408 e. The molecule has 0 saturated carbocycles. The Morgan fingerprint density at radius 3 is 2.33 bits per heavy atom. The largest absolute Gasteiger partial charge is 0.508 e. The highest BCUT2D eigenvalue weighted by Crippen LogP contribution is 2.33. The summed E-state index contributed by atoms with van der Waals surface area (Å²) in [5.41, 5.74) is -0.0888. The zero-order valence-corrected chi connectivity index (χ0v) is 12.8. The number of benzene rings is 1. The second-order valence-electron chi connectivity index (χ2n) is 6.37. The molecule has 0 atom stereocenters. The molecule has 1 aliphatic heterocycles. The summed E-state index contributed by atoms with van der Waals surface area (Å²) >= 11 is 0. The molecule has 1 aromatic carbocycles. The summed E-state index contributed by atoms with van der Waals surface area (Å²) in [5, 5.41) is 12.4. The lowest BCUT2D eigenvalue weighted by Crippen LogP contribution is -2.50. The fraction of sp³-hybridized carbons (Fsp3) is 0.562. The molecule has 1 amide bonds. The van der Waals surface area contributed by atoms with E-state index in [9.17, 15) is 9.90 Å². The van der Waals surface area contributed by atoms with E-state index in [1.165, 1.54) is 0 Å². The Bertz CT molecular complexity index is 484. The quantitative estimate of drug-likeness (QED) is 0.879. The maximum Gasteiger partial charge on any atom is 0.408 e. The molecule has 5 nitrogen and oxygen atoms in total. The van der Waals surface area contributed by atoms with E-state index in [-0.39, 0.29) is 5.75 Å². The van der Waals surface area contributed by atoms with E-state index in [0.29, 0.717) is 26.1 Å². The van der Waals surface area contributed by atoms with E-state index < -0.39 is 17.2 Å². The Hall–Kier alpha value is -1.75. The Kier molecular flexibility index (Phi) is 4.42. The van der Waals surface area contributed by atoms with Gasteiger partial charge in [0.2, 0.25) is 0 Å². The third-order valence-corrected chi connectivity index (χ3v) is 3.51. The first kappa shape index (κ1) is 15.6. The van der Waals surface area contributed by atoms with Gasteiger partial charge in [-0.15, -0.1) is 0 Å². The van der Waals surface area contributed by atoms with Crippen LogP contribution in [0.3, 0.4) is 0 Å². The minimum absolute atomic E-state index is 0.207. The van der Waals surface area contributed by atoms with E-state index in [1.807, 2.05) is 32.9 Å². The van der Waals surface area contributed by atoms with E-state index in [1.54, 1.807) is 12.1 Å². The SMILES string of the molecule is CC(C)(C)OC(=O)NC1(c2ccc(O)cc2)CCOCC1. The number of nitrogens with one attached hydrogen (secondary N) is 1. The Morgan fingerprint density at radius 2 is 1.81 bits per heavy atom. The van der Waals surface area contributed by atoms with Crippen molar-refractivity contribution in [3.63, 3.8) is 0 Å². The van der Waals surface area contributed by atoms with Crippen molar-refractivity contribution in [1.29, 1.82) is 0 Å². The van der Waals surface area contributed by atoms with Crippen LogP contribution in [0, 0.1) is 0 Å². The summed E-state index contributed by atoms with van der Waals surface area (Å²) in [7, 11) is 0. The average Bonchev–Trinajstić information content (AvgIpc) is 2.38. The number of aromatic hydroxyl groups is 1. The highest BCUT2D eigenvalue weighted by molar-refractivity contribution is 5.69. The molecule has 0 aromatic heterocycles. The first-order valence-electron chi connectivity index (χ1n) is 7.19. The lowest BCUT2D eigenvalue weighted by atomic mass is 9.83. The second-order valence-corrected chi connectivity index (χ2v) is 6.37. The van der Waals surface area contributed by atoms with Crippen molar-refractivity contribution in [1.82, 2.24) is 5.32 Å². The maximum absolute atomic E-state index is 12.1. The van der Waals surface area contributed by atoms with Crippen LogP contribution in [-0.2, 0) is 15.0 Å². The van der Waals surface area contributed by atoms with Gasteiger partial charge in [0.15, 0.2) is 0 Å². The zero-order chi connectivity index (χ0) is 15.5. The molecule has 0 spiro atoms. The molecule has 1 aliphatic rings. The van der Waals surface area contributed by atoms with E-state index in [4.69, 9.17) is 9.47 Å². The standard InChI is InChI=1S/C16H23NO4/c1-15(2,3)21-14(19)17-16(8-10-20-11-9-16)12-4-6-13(18)7-5-12/h4-7,18H,8-11H2,1-3H3,(H,17,19). The fourth-order valence-corrected chi connectivity index (χ4v) is 2.49. The van der Waals surface area contributed by atoms with Crippen molar-refractivity contribution in [3.05, 3.63) is 29.8 Å². The number of hydrogen-bond donors (Lipinski definition) is 2. The van der Waals surface area contributed by atoms with Crippen molar-refractivity contribution in [2.24, 2.45) is 0 Å². The number of rotatable bonds is 2. The monoisotopic (exact) mass is 293 g/mol. The molecule has 0 unspecified atom stereocenters. The minimum atomic E-state index is -0.536. The highest BCUT2D eigenvalue weighted by atomic mass is 16.6. The number of ether oxygens (including phenoxy) is 2. The Balaban J connectivity index is 2.21. The third-order valence-electron chi connectivity index (χ3n) is 3.51. The van der Waals surface area contributed by atoms with Gasteiger partial charge < -0.3 is 19.9 Å². The van der Waals surface area contributed by atoms with Gasteiger partial charge in [0.1, 0.15) is 11.4 Å². The lowest BCUT2D eigenvalue weighted by Gasteiger charge is -2.38. The van der Waals surface area contributed by atoms with Gasteiger partial charge in [0.05, 0.1) is 5.54 Å². The summed E-state index contributed by atoms with van der Waals surface area (Å²) in [6.07, 6.45) is 0.922. The molecule has 0 aliphatic carbocycles. The number of amides is 1. The number of carbonyl (C=O) groups excluding carboxylic acids is 1. The third kappa shape index (κ3) is 4.11. The topological polar surface area (TPSA) is 67.8 Å². The Labute approximate surface area is 125 Å². The average molecular weight is 293 g/mol. The lowest BCUT2D eigenvalue weighted by molar-refractivity contribution is 0.0157. The van der Waals surface area contributed by atoms with Crippen molar-refractivity contribution in [3.8, 4) is 5.75 Å². The molecule has 1 heterocycles. The first-order chi connectivity index (χ1) is 9.81. The molecule has 0 bridgehead atoms. The molecular weight excluding hydrogens is 270 g/mol. The van der Waals surface area contributed by atoms with Crippen molar-refractivity contribution in [2.45, 2.75) is 44.8 Å². The summed E-state index contributed by atoms with van der Waals surface area (Å²) in [4.78, 5) is 12.1. The van der Waals surface area contributed by atoms with Crippen LogP contribution in [0.25, 0.3) is 0 Å². The van der Waals surface area contributed by atoms with E-state index in [0.717, 1.165) is 5.56 Å². The van der Waals surface area contributed by atoms with E-state index >= 15 is 0 Å². The Morgan fingerprint density at radius 1 is 1.24 bits per heavy atom. The molecule has 116 valence electrons. The molecule has 1 fully saturated rings. The van der Waals surface area contributed by atoms with Gasteiger partial charge in [-0.1, -0.05) is 12.1 Å². The molecule has 0 radical (unpaired) electrons. The van der Waals surface area contributed by atoms with Crippen LogP contribution in [0.5, 0.6) is 5.75 Å². The van der Waals surface area contributed by atoms with Crippen molar-refractivity contribution >= 4 is 6.09 Å².